The van der Waals surface area contributed by atoms with Crippen LogP contribution in [0.2, 0.25) is 0 Å². The number of nitrogens with one attached hydrogen (secondary N) is 1. The molecule has 1 unspecified atom stereocenters. The third-order valence-electron chi connectivity index (χ3n) is 9.08. The molecule has 3 aromatic rings. The fraction of sp³-hybridized carbons (Fsp3) is 0.500. The van der Waals surface area contributed by atoms with Crippen LogP contribution in [0.4, 0.5) is 0 Å². The summed E-state index contributed by atoms with van der Waals surface area (Å²) >= 11 is 0. The number of hydrogen-bond acceptors (Lipinski definition) is 14. The molecule has 0 aliphatic rings. The molecule has 0 saturated heterocycles. The van der Waals surface area contributed by atoms with Crippen molar-refractivity contribution in [2.75, 3.05) is 58.9 Å². The van der Waals surface area contributed by atoms with Gasteiger partial charge in [-0.1, -0.05) is 91.0 Å². The maximum atomic E-state index is 14.4. The Bertz CT molecular complexity index is 1270. The predicted molar refractivity (Wildman–Crippen MR) is 195 cm³/mol. The van der Waals surface area contributed by atoms with Gasteiger partial charge in [-0.2, -0.15) is 0 Å². The van der Waals surface area contributed by atoms with Crippen molar-refractivity contribution in [3.05, 3.63) is 108 Å². The number of aliphatic hydroxyl groups is 10. The van der Waals surface area contributed by atoms with Gasteiger partial charge in [-0.15, -0.1) is 0 Å². The molecule has 1 amide bonds. The number of benzene rings is 3. The molecular formula is C38H56N4O11. The van der Waals surface area contributed by atoms with E-state index in [9.17, 15) is 55.9 Å². The van der Waals surface area contributed by atoms with E-state index in [-0.39, 0.29) is 71.2 Å². The maximum Gasteiger partial charge on any atom is 0.239 e. The van der Waals surface area contributed by atoms with Crippen molar-refractivity contribution >= 4 is 5.91 Å². The summed E-state index contributed by atoms with van der Waals surface area (Å²) in [6.07, 6.45) is -7.77. The third-order valence-corrected chi connectivity index (χ3v) is 9.08. The number of carbonyl (C=O) groups excluding carboxylic acids is 1. The van der Waals surface area contributed by atoms with E-state index in [4.69, 9.17) is 0 Å². The van der Waals surface area contributed by atoms with Gasteiger partial charge >= 0.3 is 0 Å². The summed E-state index contributed by atoms with van der Waals surface area (Å²) in [5.41, 5.74) is 1.22. The normalized spacial score (nSPS) is 13.1. The quantitative estimate of drug-likeness (QED) is 0.0259. The number of rotatable bonds is 25. The molecule has 15 nitrogen and oxygen atoms in total. The van der Waals surface area contributed by atoms with E-state index >= 15 is 0 Å². The van der Waals surface area contributed by atoms with Gasteiger partial charge in [-0.25, -0.2) is 0 Å². The van der Waals surface area contributed by atoms with Crippen LogP contribution in [0, 0.1) is 0 Å². The first-order valence-corrected chi connectivity index (χ1v) is 17.8. The number of nitrogens with zero attached hydrogens (tertiary/aromatic N) is 3. The average Bonchev–Trinajstić information content (AvgIpc) is 3.10. The Kier molecular flexibility index (Phi) is 18.9. The Morgan fingerprint density at radius 3 is 1.21 bits per heavy atom. The fourth-order valence-corrected chi connectivity index (χ4v) is 6.71. The lowest BCUT2D eigenvalue weighted by molar-refractivity contribution is -0.124. The molecule has 294 valence electrons. The standard InChI is InChI=1S/C38H56N4O11/c43-32(44)24-40(25-33(45)46)20-22-42(23-21-41(26-34(47)48)27-35(49)50)31(36(51)52)18-10-11-19-39-37(53)38(28-12-4-1-5-13-28,29-14-6-2-7-15-29)30-16-8-3-9-17-30/h1-9,12-17,31-36,43-52H,10-11,18-27H2,(H,39,53). The van der Waals surface area contributed by atoms with Crippen LogP contribution in [0.15, 0.2) is 91.0 Å². The minimum absolute atomic E-state index is 0.0559. The first-order chi connectivity index (χ1) is 25.3. The fourth-order valence-electron chi connectivity index (χ4n) is 6.71. The zero-order chi connectivity index (χ0) is 38.8. The van der Waals surface area contributed by atoms with E-state index in [0.717, 1.165) is 16.7 Å². The van der Waals surface area contributed by atoms with Crippen molar-refractivity contribution in [2.45, 2.75) is 62.2 Å². The zero-order valence-corrected chi connectivity index (χ0v) is 29.8. The van der Waals surface area contributed by atoms with E-state index < -0.39 is 42.9 Å². The van der Waals surface area contributed by atoms with Crippen molar-refractivity contribution < 1.29 is 55.9 Å². The number of carbonyl (C=O) groups is 1. The summed E-state index contributed by atoms with van der Waals surface area (Å²) in [5, 5.41) is 100. The molecule has 3 aromatic carbocycles. The molecule has 0 fully saturated rings. The Balaban J connectivity index is 1.78. The topological polar surface area (TPSA) is 241 Å². The second-order valence-electron chi connectivity index (χ2n) is 13.1. The molecule has 0 aromatic heterocycles. The maximum absolute atomic E-state index is 14.4. The summed E-state index contributed by atoms with van der Waals surface area (Å²) in [6, 6.07) is 27.7. The van der Waals surface area contributed by atoms with Gasteiger partial charge in [0.1, 0.15) is 5.41 Å². The predicted octanol–water partition coefficient (Wildman–Crippen LogP) is -1.86. The van der Waals surface area contributed by atoms with Crippen LogP contribution >= 0.6 is 0 Å². The highest BCUT2D eigenvalue weighted by Crippen LogP contribution is 2.39. The smallest absolute Gasteiger partial charge is 0.239 e. The first-order valence-electron chi connectivity index (χ1n) is 17.8. The minimum atomic E-state index is -1.84. The molecule has 15 heteroatoms. The Hall–Kier alpha value is -3.39. The molecule has 1 atom stereocenters. The van der Waals surface area contributed by atoms with E-state index in [1.807, 2.05) is 91.0 Å². The monoisotopic (exact) mass is 744 g/mol. The van der Waals surface area contributed by atoms with Crippen LogP contribution in [0.3, 0.4) is 0 Å². The summed E-state index contributed by atoms with van der Waals surface area (Å²) in [5.74, 6) is -0.226. The molecule has 0 saturated carbocycles. The molecule has 11 N–H and O–H groups in total. The highest BCUT2D eigenvalue weighted by atomic mass is 16.5. The SMILES string of the molecule is O=C(NCCCCC(C(O)O)N(CCN(CC(O)O)CC(O)O)CCN(CC(O)O)CC(O)O)C(c1ccccc1)(c1ccccc1)c1ccccc1. The minimum Gasteiger partial charge on any atom is -0.367 e. The van der Waals surface area contributed by atoms with Gasteiger partial charge < -0.3 is 56.4 Å². The van der Waals surface area contributed by atoms with Crippen molar-refractivity contribution in [1.29, 1.82) is 0 Å². The number of unbranched alkanes of at least 4 members (excludes halogenated alkanes) is 1. The summed E-state index contributed by atoms with van der Waals surface area (Å²) < 4.78 is 0. The Morgan fingerprint density at radius 2 is 0.887 bits per heavy atom. The largest absolute Gasteiger partial charge is 0.367 e. The Morgan fingerprint density at radius 1 is 0.528 bits per heavy atom. The molecule has 0 spiro atoms. The molecule has 0 bridgehead atoms. The average molecular weight is 745 g/mol. The summed E-state index contributed by atoms with van der Waals surface area (Å²) in [6.45, 7) is -0.691. The van der Waals surface area contributed by atoms with Crippen LogP contribution in [0.5, 0.6) is 0 Å². The molecule has 0 aliphatic carbocycles. The van der Waals surface area contributed by atoms with Gasteiger partial charge in [0.25, 0.3) is 0 Å². The lowest BCUT2D eigenvalue weighted by atomic mass is 9.68. The lowest BCUT2D eigenvalue weighted by Crippen LogP contribution is -2.51. The van der Waals surface area contributed by atoms with Crippen LogP contribution in [0.25, 0.3) is 0 Å². The molecule has 53 heavy (non-hydrogen) atoms. The van der Waals surface area contributed by atoms with E-state index in [0.29, 0.717) is 12.8 Å². The van der Waals surface area contributed by atoms with Crippen LogP contribution in [-0.2, 0) is 10.2 Å². The second-order valence-corrected chi connectivity index (χ2v) is 13.1. The number of aliphatic hydroxyl groups excluding tert-OH is 5. The van der Waals surface area contributed by atoms with E-state index in [1.165, 1.54) is 9.80 Å². The van der Waals surface area contributed by atoms with Crippen LogP contribution in [-0.4, -0.2) is 168 Å². The van der Waals surface area contributed by atoms with E-state index in [2.05, 4.69) is 5.32 Å². The highest BCUT2D eigenvalue weighted by Gasteiger charge is 2.43. The molecule has 3 rings (SSSR count). The molecule has 0 heterocycles. The zero-order valence-electron chi connectivity index (χ0n) is 29.8. The molecule has 0 radical (unpaired) electrons. The van der Waals surface area contributed by atoms with Crippen molar-refractivity contribution in [3.8, 4) is 0 Å². The van der Waals surface area contributed by atoms with Crippen molar-refractivity contribution in [1.82, 2.24) is 20.0 Å². The van der Waals surface area contributed by atoms with Crippen molar-refractivity contribution in [2.24, 2.45) is 0 Å². The van der Waals surface area contributed by atoms with Gasteiger partial charge in [0.05, 0.1) is 6.04 Å². The van der Waals surface area contributed by atoms with Gasteiger partial charge in [-0.05, 0) is 36.0 Å². The lowest BCUT2D eigenvalue weighted by Gasteiger charge is -2.36. The van der Waals surface area contributed by atoms with Gasteiger partial charge in [0, 0.05) is 58.9 Å². The van der Waals surface area contributed by atoms with Gasteiger partial charge in [-0.3, -0.25) is 19.5 Å². The first kappa shape index (κ1) is 44.0. The molecular weight excluding hydrogens is 688 g/mol. The van der Waals surface area contributed by atoms with Gasteiger partial charge in [0.15, 0.2) is 31.5 Å². The Labute approximate surface area is 310 Å². The van der Waals surface area contributed by atoms with Crippen LogP contribution < -0.4 is 5.32 Å². The van der Waals surface area contributed by atoms with E-state index in [1.54, 1.807) is 4.90 Å². The summed E-state index contributed by atoms with van der Waals surface area (Å²) in [4.78, 5) is 18.9. The molecule has 0 aliphatic heterocycles. The third kappa shape index (κ3) is 14.1. The second kappa shape index (κ2) is 22.7. The number of hydrogen-bond donors (Lipinski definition) is 11. The van der Waals surface area contributed by atoms with Crippen LogP contribution in [0.1, 0.15) is 36.0 Å². The highest BCUT2D eigenvalue weighted by molar-refractivity contribution is 5.96. The summed E-state index contributed by atoms with van der Waals surface area (Å²) in [7, 11) is 0. The number of amides is 1. The van der Waals surface area contributed by atoms with Crippen molar-refractivity contribution in [3.63, 3.8) is 0 Å². The van der Waals surface area contributed by atoms with Gasteiger partial charge in [0.2, 0.25) is 5.91 Å².